The molecule has 2 aromatic carbocycles. The Hall–Kier alpha value is -3.61. The summed E-state index contributed by atoms with van der Waals surface area (Å²) in [6, 6.07) is 14.5. The van der Waals surface area contributed by atoms with Crippen LogP contribution in [-0.2, 0) is 11.3 Å². The van der Waals surface area contributed by atoms with Gasteiger partial charge in [0.25, 0.3) is 0 Å². The minimum absolute atomic E-state index is 0.00359. The monoisotopic (exact) mass is 418 g/mol. The quantitative estimate of drug-likeness (QED) is 0.566. The molecule has 7 heteroatoms. The summed E-state index contributed by atoms with van der Waals surface area (Å²) in [7, 11) is 0. The maximum atomic E-state index is 12.9. The Labute approximate surface area is 181 Å². The molecule has 0 bridgehead atoms. The molecule has 1 aliphatic rings. The van der Waals surface area contributed by atoms with Crippen LogP contribution in [0.15, 0.2) is 48.5 Å². The van der Waals surface area contributed by atoms with Crippen molar-refractivity contribution in [3.63, 3.8) is 0 Å². The highest BCUT2D eigenvalue weighted by Crippen LogP contribution is 2.39. The number of anilines is 1. The minimum atomic E-state index is -0.289. The van der Waals surface area contributed by atoms with Crippen molar-refractivity contribution < 1.29 is 14.7 Å². The van der Waals surface area contributed by atoms with Gasteiger partial charge in [-0.25, -0.2) is 4.79 Å². The lowest BCUT2D eigenvalue weighted by atomic mass is 9.82. The molecule has 3 N–H and O–H groups in total. The number of nitrogens with one attached hydrogen (secondary N) is 2. The molecule has 0 atom stereocenters. The van der Waals surface area contributed by atoms with E-state index in [1.165, 1.54) is 23.2 Å². The van der Waals surface area contributed by atoms with Crippen molar-refractivity contribution in [3.05, 3.63) is 65.4 Å². The fraction of sp³-hybridized carbons (Fsp3) is 0.292. The van der Waals surface area contributed by atoms with Gasteiger partial charge in [0.2, 0.25) is 5.91 Å². The first-order valence-corrected chi connectivity index (χ1v) is 10.5. The van der Waals surface area contributed by atoms with E-state index in [2.05, 4.69) is 15.7 Å². The Morgan fingerprint density at radius 2 is 1.87 bits per heavy atom. The second-order valence-corrected chi connectivity index (χ2v) is 8.05. The van der Waals surface area contributed by atoms with Crippen molar-refractivity contribution in [1.82, 2.24) is 15.1 Å². The van der Waals surface area contributed by atoms with Crippen LogP contribution in [0.2, 0.25) is 0 Å². The summed E-state index contributed by atoms with van der Waals surface area (Å²) in [4.78, 5) is 24.2. The predicted molar refractivity (Wildman–Crippen MR) is 119 cm³/mol. The van der Waals surface area contributed by atoms with E-state index in [1.807, 2.05) is 37.3 Å². The van der Waals surface area contributed by atoms with Gasteiger partial charge in [-0.05, 0) is 43.5 Å². The zero-order valence-electron chi connectivity index (χ0n) is 17.7. The van der Waals surface area contributed by atoms with E-state index in [0.29, 0.717) is 23.5 Å². The molecular weight excluding hydrogens is 392 g/mol. The number of aryl methyl sites for hydroxylation is 1. The van der Waals surface area contributed by atoms with Crippen LogP contribution in [0.3, 0.4) is 0 Å². The van der Waals surface area contributed by atoms with Gasteiger partial charge in [0, 0.05) is 36.7 Å². The highest BCUT2D eigenvalue weighted by Gasteiger charge is 2.27. The van der Waals surface area contributed by atoms with Crippen molar-refractivity contribution >= 4 is 17.6 Å². The number of hydrogen-bond donors (Lipinski definition) is 3. The molecule has 1 aliphatic carbocycles. The molecule has 0 unspecified atom stereocenters. The Morgan fingerprint density at radius 1 is 1.13 bits per heavy atom. The molecule has 1 saturated carbocycles. The van der Waals surface area contributed by atoms with Crippen LogP contribution in [0.4, 0.5) is 10.5 Å². The third-order valence-electron chi connectivity index (χ3n) is 5.61. The third kappa shape index (κ3) is 4.60. The largest absolute Gasteiger partial charge is 0.507 e. The van der Waals surface area contributed by atoms with Gasteiger partial charge >= 0.3 is 6.03 Å². The number of amides is 2. The molecule has 0 saturated heterocycles. The second-order valence-electron chi connectivity index (χ2n) is 8.05. The summed E-state index contributed by atoms with van der Waals surface area (Å²) in [5, 5.41) is 20.6. The zero-order chi connectivity index (χ0) is 22.0. The topological polar surface area (TPSA) is 96.3 Å². The molecule has 3 aromatic rings. The number of nitrogens with zero attached hydrogens (tertiary/aromatic N) is 2. The van der Waals surface area contributed by atoms with Crippen molar-refractivity contribution in [1.29, 1.82) is 0 Å². The summed E-state index contributed by atoms with van der Waals surface area (Å²) in [5.74, 6) is 0.0669. The van der Waals surface area contributed by atoms with Gasteiger partial charge in [0.15, 0.2) is 0 Å². The van der Waals surface area contributed by atoms with Crippen molar-refractivity contribution in [2.24, 2.45) is 0 Å². The van der Waals surface area contributed by atoms with Gasteiger partial charge in [0.05, 0.1) is 11.4 Å². The first-order chi connectivity index (χ1) is 14.9. The van der Waals surface area contributed by atoms with Crippen LogP contribution in [0.5, 0.6) is 5.75 Å². The van der Waals surface area contributed by atoms with Gasteiger partial charge in [-0.15, -0.1) is 0 Å². The number of benzene rings is 2. The molecule has 7 nitrogen and oxygen atoms in total. The minimum Gasteiger partial charge on any atom is -0.507 e. The number of hydrogen-bond acceptors (Lipinski definition) is 4. The molecule has 160 valence electrons. The molecule has 0 radical (unpaired) electrons. The molecule has 0 aliphatic heterocycles. The van der Waals surface area contributed by atoms with Gasteiger partial charge in [-0.3, -0.25) is 4.79 Å². The van der Waals surface area contributed by atoms with E-state index in [1.54, 1.807) is 12.1 Å². The first kappa shape index (κ1) is 20.7. The van der Waals surface area contributed by atoms with Crippen LogP contribution in [-0.4, -0.2) is 26.8 Å². The van der Waals surface area contributed by atoms with Crippen molar-refractivity contribution in [2.75, 3.05) is 5.32 Å². The van der Waals surface area contributed by atoms with E-state index in [0.717, 1.165) is 30.5 Å². The van der Waals surface area contributed by atoms with E-state index in [-0.39, 0.29) is 23.6 Å². The Morgan fingerprint density at radius 3 is 2.48 bits per heavy atom. The first-order valence-electron chi connectivity index (χ1n) is 10.5. The summed E-state index contributed by atoms with van der Waals surface area (Å²) in [5.41, 5.74) is 4.58. The van der Waals surface area contributed by atoms with Crippen molar-refractivity contribution in [3.8, 4) is 17.0 Å². The predicted octanol–water partition coefficient (Wildman–Crippen LogP) is 4.55. The SMILES string of the molecule is CC(=O)Nc1ccc(-c2cc(C3CCC3)n(C(=O)NCc3ccc(C)cc3)n2)c(O)c1. The Balaban J connectivity index is 1.58. The number of rotatable bonds is 5. The summed E-state index contributed by atoms with van der Waals surface area (Å²) in [6.07, 6.45) is 3.17. The average molecular weight is 418 g/mol. The van der Waals surface area contributed by atoms with Gasteiger partial charge in [0.1, 0.15) is 5.75 Å². The molecule has 4 rings (SSSR count). The number of phenols is 1. The van der Waals surface area contributed by atoms with Gasteiger partial charge in [-0.2, -0.15) is 9.78 Å². The lowest BCUT2D eigenvalue weighted by Gasteiger charge is -2.25. The van der Waals surface area contributed by atoms with Crippen LogP contribution in [0, 0.1) is 6.92 Å². The normalized spacial score (nSPS) is 13.5. The van der Waals surface area contributed by atoms with E-state index in [4.69, 9.17) is 0 Å². The molecule has 0 spiro atoms. The number of carbonyl (C=O) groups excluding carboxylic acids is 2. The van der Waals surface area contributed by atoms with Crippen LogP contribution in [0.1, 0.15) is 48.9 Å². The smallest absolute Gasteiger partial charge is 0.342 e. The number of carbonyl (C=O) groups is 2. The molecule has 1 aromatic heterocycles. The summed E-state index contributed by atoms with van der Waals surface area (Å²) < 4.78 is 1.43. The number of aromatic nitrogens is 2. The van der Waals surface area contributed by atoms with Gasteiger partial charge < -0.3 is 15.7 Å². The standard InChI is InChI=1S/C24H26N4O3/c1-15-6-8-17(9-7-15)14-25-24(31)28-22(18-4-3-5-18)13-21(27-28)20-11-10-19(12-23(20)30)26-16(2)29/h6-13,18,30H,3-5,14H2,1-2H3,(H,25,31)(H,26,29). The molecule has 2 amide bonds. The lowest BCUT2D eigenvalue weighted by molar-refractivity contribution is -0.114. The van der Waals surface area contributed by atoms with Crippen molar-refractivity contribution in [2.45, 2.75) is 45.6 Å². The molecule has 1 heterocycles. The number of aromatic hydroxyl groups is 1. The summed E-state index contributed by atoms with van der Waals surface area (Å²) >= 11 is 0. The highest BCUT2D eigenvalue weighted by atomic mass is 16.3. The van der Waals surface area contributed by atoms with Gasteiger partial charge in [-0.1, -0.05) is 36.2 Å². The zero-order valence-corrected chi connectivity index (χ0v) is 17.7. The molecule has 1 fully saturated rings. The highest BCUT2D eigenvalue weighted by molar-refractivity contribution is 5.89. The lowest BCUT2D eigenvalue weighted by Crippen LogP contribution is -2.31. The molecular formula is C24H26N4O3. The van der Waals surface area contributed by atoms with E-state index >= 15 is 0 Å². The van der Waals surface area contributed by atoms with E-state index in [9.17, 15) is 14.7 Å². The average Bonchev–Trinajstić information content (AvgIpc) is 3.10. The third-order valence-corrected chi connectivity index (χ3v) is 5.61. The fourth-order valence-electron chi connectivity index (χ4n) is 3.67. The fourth-order valence-corrected chi connectivity index (χ4v) is 3.67. The van der Waals surface area contributed by atoms with Crippen LogP contribution < -0.4 is 10.6 Å². The van der Waals surface area contributed by atoms with Crippen LogP contribution in [0.25, 0.3) is 11.3 Å². The maximum absolute atomic E-state index is 12.9. The summed E-state index contributed by atoms with van der Waals surface area (Å²) in [6.45, 7) is 3.85. The number of phenolic OH excluding ortho intramolecular Hbond substituents is 1. The Bertz CT molecular complexity index is 1110. The van der Waals surface area contributed by atoms with Crippen LogP contribution >= 0.6 is 0 Å². The molecule has 31 heavy (non-hydrogen) atoms. The van der Waals surface area contributed by atoms with E-state index < -0.39 is 0 Å². The Kier molecular flexibility index (Phi) is 5.75. The second kappa shape index (κ2) is 8.63. The maximum Gasteiger partial charge on any atom is 0.342 e.